The largest absolute Gasteiger partial charge is 0.311 e. The molecule has 0 bridgehead atoms. The summed E-state index contributed by atoms with van der Waals surface area (Å²) < 4.78 is 5.27. The molecule has 1 aliphatic carbocycles. The van der Waals surface area contributed by atoms with E-state index >= 15 is 0 Å². The highest BCUT2D eigenvalue weighted by Crippen LogP contribution is 2.44. The summed E-state index contributed by atoms with van der Waals surface area (Å²) in [7, 11) is 0. The number of rotatable bonds is 0. The molecule has 0 N–H and O–H groups in total. The summed E-state index contributed by atoms with van der Waals surface area (Å²) in [4.78, 5) is 0. The number of aromatic nitrogens is 2. The van der Waals surface area contributed by atoms with Crippen LogP contribution in [-0.4, -0.2) is 15.8 Å². The van der Waals surface area contributed by atoms with Crippen molar-refractivity contribution in [3.8, 4) is 11.4 Å². The van der Waals surface area contributed by atoms with Crippen molar-refractivity contribution < 1.29 is 0 Å². The van der Waals surface area contributed by atoms with E-state index in [1.165, 1.54) is 88.4 Å². The van der Waals surface area contributed by atoms with Gasteiger partial charge in [-0.15, -0.1) is 0 Å². The average Bonchev–Trinajstić information content (AvgIpc) is 3.52. The van der Waals surface area contributed by atoms with Crippen molar-refractivity contribution in [2.45, 2.75) is 106 Å². The lowest BCUT2D eigenvalue weighted by Crippen LogP contribution is -2.59. The molecule has 0 radical (unpaired) electrons. The van der Waals surface area contributed by atoms with Gasteiger partial charge in [-0.3, -0.25) is 0 Å². The Balaban J connectivity index is 1.47. The monoisotopic (exact) mass is 642 g/mol. The first-order valence-electron chi connectivity index (χ1n) is 18.5. The summed E-state index contributed by atoms with van der Waals surface area (Å²) in [6.07, 6.45) is 6.04. The maximum Gasteiger partial charge on any atom is 0.252 e. The van der Waals surface area contributed by atoms with E-state index in [0.29, 0.717) is 5.92 Å². The van der Waals surface area contributed by atoms with Gasteiger partial charge in [0.25, 0.3) is 6.71 Å². The maximum atomic E-state index is 2.65. The van der Waals surface area contributed by atoms with Gasteiger partial charge in [0.1, 0.15) is 0 Å². The third-order valence-electron chi connectivity index (χ3n) is 12.2. The van der Waals surface area contributed by atoms with Crippen molar-refractivity contribution in [1.82, 2.24) is 9.13 Å². The molecule has 0 saturated heterocycles. The first-order chi connectivity index (χ1) is 22.8. The average molecular weight is 643 g/mol. The van der Waals surface area contributed by atoms with Gasteiger partial charge in [0.05, 0.1) is 5.52 Å². The lowest BCUT2D eigenvalue weighted by atomic mass is 9.34. The second-order valence-corrected chi connectivity index (χ2v) is 19.6. The highest BCUT2D eigenvalue weighted by Gasteiger charge is 2.43. The van der Waals surface area contributed by atoms with Gasteiger partial charge in [0, 0.05) is 44.3 Å². The van der Waals surface area contributed by atoms with Gasteiger partial charge in [-0.2, -0.15) is 0 Å². The van der Waals surface area contributed by atoms with E-state index in [4.69, 9.17) is 0 Å². The number of allylic oxidation sites excluding steroid dienone is 1. The first kappa shape index (κ1) is 31.0. The summed E-state index contributed by atoms with van der Waals surface area (Å²) in [5.74, 6) is 0.507. The van der Waals surface area contributed by atoms with Crippen LogP contribution in [0.25, 0.3) is 50.2 Å². The number of hydrogen-bond donors (Lipinski definition) is 0. The van der Waals surface area contributed by atoms with Crippen LogP contribution in [0.15, 0.2) is 66.7 Å². The topological polar surface area (TPSA) is 9.86 Å². The molecule has 1 unspecified atom stereocenters. The molecule has 2 aliphatic heterocycles. The molecule has 0 saturated carbocycles. The Morgan fingerprint density at radius 3 is 1.73 bits per heavy atom. The fourth-order valence-corrected chi connectivity index (χ4v) is 9.17. The second kappa shape index (κ2) is 9.42. The lowest BCUT2D eigenvalue weighted by molar-refractivity contribution is 0.291. The number of benzene rings is 4. The van der Waals surface area contributed by atoms with Crippen LogP contribution >= 0.6 is 0 Å². The van der Waals surface area contributed by atoms with E-state index in [9.17, 15) is 0 Å². The van der Waals surface area contributed by atoms with Crippen molar-refractivity contribution in [3.05, 3.63) is 94.7 Å². The van der Waals surface area contributed by atoms with Crippen LogP contribution in [0.1, 0.15) is 111 Å². The Labute approximate surface area is 293 Å². The van der Waals surface area contributed by atoms with Crippen molar-refractivity contribution in [1.29, 1.82) is 0 Å². The van der Waals surface area contributed by atoms with E-state index in [1.54, 1.807) is 0 Å². The Kier molecular flexibility index (Phi) is 5.97. The smallest absolute Gasteiger partial charge is 0.252 e. The normalized spacial score (nSPS) is 17.0. The van der Waals surface area contributed by atoms with Crippen molar-refractivity contribution in [2.24, 2.45) is 11.3 Å². The van der Waals surface area contributed by atoms with E-state index in [1.807, 2.05) is 0 Å². The molecule has 49 heavy (non-hydrogen) atoms. The van der Waals surface area contributed by atoms with Crippen LogP contribution in [0.2, 0.25) is 0 Å². The standard InChI is InChI=1S/C46H51BN2/c1-43(2,3)26-16-18-36-30(20-26)32-22-28(45(7,8)9)24-34-41(32)48(36)38-14-13-15-39-40(38)47(34)35-25-29(46(10,11)12)23-33-31-21-27(44(4,5)6)17-19-37(31)49(39)42(33)35/h13-20,22-25,27H,21H2,1-12H3. The van der Waals surface area contributed by atoms with Crippen molar-refractivity contribution >= 4 is 61.9 Å². The van der Waals surface area contributed by atoms with Gasteiger partial charge < -0.3 is 9.13 Å². The molecule has 0 fully saturated rings. The predicted molar refractivity (Wildman–Crippen MR) is 214 cm³/mol. The summed E-state index contributed by atoms with van der Waals surface area (Å²) in [6.45, 7) is 28.6. The highest BCUT2D eigenvalue weighted by molar-refractivity contribution is 7.00. The quantitative estimate of drug-likeness (QED) is 0.146. The van der Waals surface area contributed by atoms with Gasteiger partial charge in [0.15, 0.2) is 0 Å². The van der Waals surface area contributed by atoms with Crippen LogP contribution < -0.4 is 16.4 Å². The van der Waals surface area contributed by atoms with Crippen molar-refractivity contribution in [3.63, 3.8) is 0 Å². The molecule has 6 aromatic rings. The number of fused-ring (bicyclic) bond motifs is 10. The number of nitrogens with zero attached hydrogens (tertiary/aromatic N) is 2. The fraction of sp³-hybridized carbons (Fsp3) is 0.391. The molecule has 248 valence electrons. The minimum atomic E-state index is 0.0177. The molecule has 9 rings (SSSR count). The number of hydrogen-bond acceptors (Lipinski definition) is 0. The molecule has 4 aromatic carbocycles. The van der Waals surface area contributed by atoms with Gasteiger partial charge in [-0.25, -0.2) is 0 Å². The van der Waals surface area contributed by atoms with E-state index in [2.05, 4.69) is 165 Å². The zero-order valence-corrected chi connectivity index (χ0v) is 31.7. The third kappa shape index (κ3) is 4.20. The Hall–Kier alpha value is -3.98. The van der Waals surface area contributed by atoms with E-state index in [-0.39, 0.29) is 28.4 Å². The van der Waals surface area contributed by atoms with Crippen LogP contribution in [0.3, 0.4) is 0 Å². The molecule has 0 spiro atoms. The highest BCUT2D eigenvalue weighted by atomic mass is 15.0. The molecule has 2 nitrogen and oxygen atoms in total. The van der Waals surface area contributed by atoms with Gasteiger partial charge >= 0.3 is 0 Å². The summed E-state index contributed by atoms with van der Waals surface area (Å²) in [6, 6.07) is 24.6. The summed E-state index contributed by atoms with van der Waals surface area (Å²) >= 11 is 0. The summed E-state index contributed by atoms with van der Waals surface area (Å²) in [5.41, 5.74) is 18.6. The van der Waals surface area contributed by atoms with Crippen molar-refractivity contribution in [2.75, 3.05) is 0 Å². The molecule has 0 amide bonds. The molecule has 1 atom stereocenters. The van der Waals surface area contributed by atoms with Gasteiger partial charge in [-0.1, -0.05) is 113 Å². The molecule has 2 aromatic heterocycles. The van der Waals surface area contributed by atoms with Crippen LogP contribution in [-0.2, 0) is 22.7 Å². The molecular weight excluding hydrogens is 591 g/mol. The molecule has 3 aliphatic rings. The third-order valence-corrected chi connectivity index (χ3v) is 12.2. The summed E-state index contributed by atoms with van der Waals surface area (Å²) in [5, 5.41) is 4.21. The Bertz CT molecular complexity index is 2450. The zero-order chi connectivity index (χ0) is 34.7. The van der Waals surface area contributed by atoms with Crippen LogP contribution in [0.5, 0.6) is 0 Å². The van der Waals surface area contributed by atoms with Gasteiger partial charge in [0.2, 0.25) is 0 Å². The van der Waals surface area contributed by atoms with E-state index < -0.39 is 0 Å². The first-order valence-corrected chi connectivity index (χ1v) is 18.5. The second-order valence-electron chi connectivity index (χ2n) is 19.6. The van der Waals surface area contributed by atoms with Crippen LogP contribution in [0, 0.1) is 11.3 Å². The lowest BCUT2D eigenvalue weighted by Gasteiger charge is -2.35. The Morgan fingerprint density at radius 1 is 0.592 bits per heavy atom. The predicted octanol–water partition coefficient (Wildman–Crippen LogP) is 9.99. The van der Waals surface area contributed by atoms with Gasteiger partial charge in [-0.05, 0) is 115 Å². The zero-order valence-electron chi connectivity index (χ0n) is 31.7. The Morgan fingerprint density at radius 2 is 1.14 bits per heavy atom. The van der Waals surface area contributed by atoms with E-state index in [0.717, 1.165) is 6.42 Å². The van der Waals surface area contributed by atoms with Crippen LogP contribution in [0.4, 0.5) is 0 Å². The minimum Gasteiger partial charge on any atom is -0.311 e. The molecular formula is C46H51BN2. The maximum absolute atomic E-state index is 2.65. The molecule has 3 heteroatoms. The molecule has 4 heterocycles. The SMILES string of the molecule is CC(C)(C)c1cc2c3c(c1)c1c(n3-c3cccc4c3B2c2cc(C(C)(C)C)cc3c5cc(C(C)(C)C)ccc5n-4c23)C=CC(C(C)(C)C)C1. The fourth-order valence-electron chi connectivity index (χ4n) is 9.17. The minimum absolute atomic E-state index is 0.0177.